The van der Waals surface area contributed by atoms with Crippen molar-refractivity contribution in [2.75, 3.05) is 11.9 Å². The van der Waals surface area contributed by atoms with Crippen LogP contribution in [0.25, 0.3) is 0 Å². The predicted molar refractivity (Wildman–Crippen MR) is 45.5 cm³/mol. The highest BCUT2D eigenvalue weighted by atomic mass is 35.5. The van der Waals surface area contributed by atoms with E-state index in [1.54, 1.807) is 0 Å². The molecule has 1 aliphatic rings. The fourth-order valence-corrected chi connectivity index (χ4v) is 1.38. The summed E-state index contributed by atoms with van der Waals surface area (Å²) in [5, 5.41) is 2.62. The monoisotopic (exact) mass is 201 g/mol. The van der Waals surface area contributed by atoms with Crippen molar-refractivity contribution in [3.63, 3.8) is 0 Å². The molecule has 13 heavy (non-hydrogen) atoms. The van der Waals surface area contributed by atoms with Crippen molar-refractivity contribution in [1.82, 2.24) is 0 Å². The van der Waals surface area contributed by atoms with Crippen molar-refractivity contribution in [3.05, 3.63) is 23.0 Å². The highest BCUT2D eigenvalue weighted by Gasteiger charge is 2.19. The van der Waals surface area contributed by atoms with Gasteiger partial charge < -0.3 is 10.1 Å². The van der Waals surface area contributed by atoms with Crippen LogP contribution in [0.2, 0.25) is 5.02 Å². The van der Waals surface area contributed by atoms with Gasteiger partial charge in [0.05, 0.1) is 10.7 Å². The van der Waals surface area contributed by atoms with Crippen LogP contribution in [-0.4, -0.2) is 12.5 Å². The van der Waals surface area contributed by atoms with Gasteiger partial charge in [0.1, 0.15) is 5.82 Å². The van der Waals surface area contributed by atoms with Crippen LogP contribution in [0.4, 0.5) is 10.1 Å². The van der Waals surface area contributed by atoms with Crippen molar-refractivity contribution in [2.45, 2.75) is 0 Å². The van der Waals surface area contributed by atoms with Gasteiger partial charge in [0.25, 0.3) is 5.91 Å². The minimum Gasteiger partial charge on any atom is -0.480 e. The first kappa shape index (κ1) is 8.31. The fourth-order valence-electron chi connectivity index (χ4n) is 1.12. The van der Waals surface area contributed by atoms with E-state index in [0.29, 0.717) is 5.75 Å². The Labute approximate surface area is 78.4 Å². The van der Waals surface area contributed by atoms with Crippen LogP contribution >= 0.6 is 11.6 Å². The largest absolute Gasteiger partial charge is 0.480 e. The summed E-state index contributed by atoms with van der Waals surface area (Å²) < 4.78 is 17.8. The summed E-state index contributed by atoms with van der Waals surface area (Å²) in [6.45, 7) is -0.0850. The Hall–Kier alpha value is -1.29. The summed E-state index contributed by atoms with van der Waals surface area (Å²) in [4.78, 5) is 10.8. The van der Waals surface area contributed by atoms with E-state index in [0.717, 1.165) is 12.1 Å². The molecule has 2 rings (SSSR count). The molecule has 1 N–H and O–H groups in total. The molecule has 1 heterocycles. The summed E-state index contributed by atoms with van der Waals surface area (Å²) in [7, 11) is 0. The maximum Gasteiger partial charge on any atom is 0.262 e. The van der Waals surface area contributed by atoms with Crippen LogP contribution in [0.15, 0.2) is 12.1 Å². The van der Waals surface area contributed by atoms with Gasteiger partial charge in [-0.25, -0.2) is 4.39 Å². The molecular weight excluding hydrogens is 197 g/mol. The second-order valence-corrected chi connectivity index (χ2v) is 3.01. The maximum absolute atomic E-state index is 12.8. The van der Waals surface area contributed by atoms with Gasteiger partial charge in [0.2, 0.25) is 0 Å². The van der Waals surface area contributed by atoms with Gasteiger partial charge in [-0.15, -0.1) is 0 Å². The van der Waals surface area contributed by atoms with Gasteiger partial charge >= 0.3 is 0 Å². The number of hydrogen-bond acceptors (Lipinski definition) is 2. The first-order valence-corrected chi connectivity index (χ1v) is 3.96. The van der Waals surface area contributed by atoms with Crippen molar-refractivity contribution in [2.24, 2.45) is 0 Å². The molecule has 0 spiro atoms. The third kappa shape index (κ3) is 1.45. The van der Waals surface area contributed by atoms with E-state index in [1.165, 1.54) is 0 Å². The molecule has 0 aliphatic carbocycles. The summed E-state index contributed by atoms with van der Waals surface area (Å²) in [6.07, 6.45) is 0. The van der Waals surface area contributed by atoms with Gasteiger partial charge in [-0.3, -0.25) is 4.79 Å². The molecule has 68 valence electrons. The van der Waals surface area contributed by atoms with Crippen LogP contribution in [0, 0.1) is 5.82 Å². The fraction of sp³-hybridized carbons (Fsp3) is 0.125. The highest BCUT2D eigenvalue weighted by molar-refractivity contribution is 6.32. The van der Waals surface area contributed by atoms with E-state index in [-0.39, 0.29) is 23.2 Å². The molecule has 1 aromatic rings. The van der Waals surface area contributed by atoms with Crippen LogP contribution < -0.4 is 10.1 Å². The van der Waals surface area contributed by atoms with Gasteiger partial charge in [-0.2, -0.15) is 0 Å². The van der Waals surface area contributed by atoms with Crippen LogP contribution in [0.3, 0.4) is 0 Å². The zero-order valence-corrected chi connectivity index (χ0v) is 7.19. The molecule has 1 aliphatic heterocycles. The van der Waals surface area contributed by atoms with E-state index >= 15 is 0 Å². The summed E-state index contributed by atoms with van der Waals surface area (Å²) in [6, 6.07) is 2.30. The maximum atomic E-state index is 12.8. The van der Waals surface area contributed by atoms with E-state index in [2.05, 4.69) is 5.32 Å². The Morgan fingerprint density at radius 1 is 1.54 bits per heavy atom. The molecule has 0 bridgehead atoms. The molecule has 0 radical (unpaired) electrons. The lowest BCUT2D eigenvalue weighted by Crippen LogP contribution is -2.25. The lowest BCUT2D eigenvalue weighted by molar-refractivity contribution is -0.118. The SMILES string of the molecule is O=C1COc2c(Cl)cc(F)cc2N1. The normalized spacial score (nSPS) is 14.5. The van der Waals surface area contributed by atoms with Crippen LogP contribution in [-0.2, 0) is 4.79 Å². The zero-order valence-electron chi connectivity index (χ0n) is 6.43. The van der Waals surface area contributed by atoms with Gasteiger partial charge in [-0.1, -0.05) is 11.6 Å². The molecule has 0 saturated carbocycles. The third-order valence-corrected chi connectivity index (χ3v) is 1.91. The standard InChI is InChI=1S/C8H5ClFNO2/c9-5-1-4(10)2-6-8(5)13-3-7(12)11-6/h1-2H,3H2,(H,11,12). The average Bonchev–Trinajstić information content (AvgIpc) is 2.02. The Balaban J connectivity index is 2.53. The summed E-state index contributed by atoms with van der Waals surface area (Å²) >= 11 is 5.68. The number of amides is 1. The third-order valence-electron chi connectivity index (χ3n) is 1.63. The minimum atomic E-state index is -0.505. The molecule has 0 fully saturated rings. The number of fused-ring (bicyclic) bond motifs is 1. The number of rotatable bonds is 0. The number of carbonyl (C=O) groups excluding carboxylic acids is 1. The van der Waals surface area contributed by atoms with Crippen molar-refractivity contribution >= 4 is 23.2 Å². The number of ether oxygens (including phenoxy) is 1. The molecule has 0 saturated heterocycles. The van der Waals surface area contributed by atoms with Crippen molar-refractivity contribution in [3.8, 4) is 5.75 Å². The van der Waals surface area contributed by atoms with E-state index in [4.69, 9.17) is 16.3 Å². The number of carbonyl (C=O) groups is 1. The number of halogens is 2. The predicted octanol–water partition coefficient (Wildman–Crippen LogP) is 1.81. The van der Waals surface area contributed by atoms with E-state index in [1.807, 2.05) is 0 Å². The summed E-state index contributed by atoms with van der Waals surface area (Å²) in [5.74, 6) is -0.494. The molecule has 0 atom stereocenters. The highest BCUT2D eigenvalue weighted by Crippen LogP contribution is 2.35. The minimum absolute atomic E-state index is 0.0850. The zero-order chi connectivity index (χ0) is 9.42. The molecule has 1 amide bonds. The number of anilines is 1. The molecule has 3 nitrogen and oxygen atoms in total. The smallest absolute Gasteiger partial charge is 0.262 e. The Morgan fingerprint density at radius 3 is 3.08 bits per heavy atom. The lowest BCUT2D eigenvalue weighted by Gasteiger charge is -2.18. The van der Waals surface area contributed by atoms with E-state index in [9.17, 15) is 9.18 Å². The molecule has 0 aromatic heterocycles. The number of benzene rings is 1. The summed E-state index contributed by atoms with van der Waals surface area (Å²) in [5.41, 5.74) is 0.279. The van der Waals surface area contributed by atoms with Gasteiger partial charge in [-0.05, 0) is 6.07 Å². The Bertz CT molecular complexity index is 381. The van der Waals surface area contributed by atoms with E-state index < -0.39 is 5.82 Å². The Kier molecular flexibility index (Phi) is 1.84. The number of hydrogen-bond donors (Lipinski definition) is 1. The quantitative estimate of drug-likeness (QED) is 0.695. The Morgan fingerprint density at radius 2 is 2.31 bits per heavy atom. The van der Waals surface area contributed by atoms with Crippen molar-refractivity contribution < 1.29 is 13.9 Å². The second kappa shape index (κ2) is 2.88. The molecule has 1 aromatic carbocycles. The molecular formula is C8H5ClFNO2. The molecule has 5 heteroatoms. The van der Waals surface area contributed by atoms with Crippen LogP contribution in [0.5, 0.6) is 5.75 Å². The van der Waals surface area contributed by atoms with Gasteiger partial charge in [0.15, 0.2) is 12.4 Å². The van der Waals surface area contributed by atoms with Crippen molar-refractivity contribution in [1.29, 1.82) is 0 Å². The number of nitrogens with one attached hydrogen (secondary N) is 1. The molecule has 0 unspecified atom stereocenters. The van der Waals surface area contributed by atoms with Crippen LogP contribution in [0.1, 0.15) is 0 Å². The average molecular weight is 202 g/mol. The second-order valence-electron chi connectivity index (χ2n) is 2.60. The lowest BCUT2D eigenvalue weighted by atomic mass is 10.2. The first-order valence-electron chi connectivity index (χ1n) is 3.58. The topological polar surface area (TPSA) is 38.3 Å². The first-order chi connectivity index (χ1) is 6.16. The van der Waals surface area contributed by atoms with Gasteiger partial charge in [0, 0.05) is 6.07 Å².